The average Bonchev–Trinajstić information content (AvgIpc) is 2.53. The standard InChI is InChI=1S/C20H22FNO2/c1-19(2,3)24-18(23)20(15-8-10-16(21)11-9-15)17-7-5-4-6-14(17)12-13-22-20/h4-11,22H,12-13H2,1-3H3/t20-/m0/s1. The van der Waals surface area contributed by atoms with Gasteiger partial charge in [0, 0.05) is 6.54 Å². The Bertz CT molecular complexity index is 749. The van der Waals surface area contributed by atoms with Crippen molar-refractivity contribution in [3.63, 3.8) is 0 Å². The second-order valence-corrected chi connectivity index (χ2v) is 7.09. The molecule has 0 radical (unpaired) electrons. The third kappa shape index (κ3) is 2.94. The number of carbonyl (C=O) groups is 1. The van der Waals surface area contributed by atoms with Crippen LogP contribution in [0.1, 0.15) is 37.5 Å². The Balaban J connectivity index is 2.19. The lowest BCUT2D eigenvalue weighted by molar-refractivity contribution is -0.162. The number of benzene rings is 2. The average molecular weight is 327 g/mol. The fraction of sp³-hybridized carbons (Fsp3) is 0.350. The van der Waals surface area contributed by atoms with Gasteiger partial charge in [-0.15, -0.1) is 0 Å². The van der Waals surface area contributed by atoms with Crippen LogP contribution in [0.3, 0.4) is 0 Å². The lowest BCUT2D eigenvalue weighted by Crippen LogP contribution is -2.55. The molecule has 1 aliphatic heterocycles. The van der Waals surface area contributed by atoms with E-state index in [1.54, 1.807) is 12.1 Å². The normalized spacial score (nSPS) is 20.3. The van der Waals surface area contributed by atoms with E-state index in [0.717, 1.165) is 17.5 Å². The summed E-state index contributed by atoms with van der Waals surface area (Å²) in [6.45, 7) is 6.18. The van der Waals surface area contributed by atoms with E-state index in [9.17, 15) is 9.18 Å². The van der Waals surface area contributed by atoms with Gasteiger partial charge in [0.25, 0.3) is 0 Å². The summed E-state index contributed by atoms with van der Waals surface area (Å²) >= 11 is 0. The molecule has 0 amide bonds. The summed E-state index contributed by atoms with van der Waals surface area (Å²) in [7, 11) is 0. The van der Waals surface area contributed by atoms with Crippen LogP contribution in [0.5, 0.6) is 0 Å². The maximum atomic E-state index is 13.4. The molecule has 1 N–H and O–H groups in total. The molecule has 24 heavy (non-hydrogen) atoms. The molecule has 126 valence electrons. The molecular formula is C20H22FNO2. The second kappa shape index (κ2) is 6.02. The van der Waals surface area contributed by atoms with Crippen molar-refractivity contribution in [1.29, 1.82) is 0 Å². The van der Waals surface area contributed by atoms with Gasteiger partial charge in [0.1, 0.15) is 11.4 Å². The molecule has 2 aromatic rings. The molecule has 0 bridgehead atoms. The van der Waals surface area contributed by atoms with Crippen LogP contribution in [-0.4, -0.2) is 18.1 Å². The van der Waals surface area contributed by atoms with Crippen LogP contribution < -0.4 is 5.32 Å². The minimum atomic E-state index is -1.12. The van der Waals surface area contributed by atoms with Crippen LogP contribution in [0, 0.1) is 5.82 Å². The van der Waals surface area contributed by atoms with Crippen LogP contribution in [0.4, 0.5) is 4.39 Å². The molecule has 1 atom stereocenters. The molecule has 0 aromatic heterocycles. The first-order valence-electron chi connectivity index (χ1n) is 8.16. The second-order valence-electron chi connectivity index (χ2n) is 7.09. The lowest BCUT2D eigenvalue weighted by atomic mass is 9.77. The SMILES string of the molecule is CC(C)(C)OC(=O)[C@@]1(c2ccc(F)cc2)NCCc2ccccc21. The minimum absolute atomic E-state index is 0.331. The van der Waals surface area contributed by atoms with E-state index < -0.39 is 11.1 Å². The highest BCUT2D eigenvalue weighted by Crippen LogP contribution is 2.37. The van der Waals surface area contributed by atoms with Crippen molar-refractivity contribution in [3.8, 4) is 0 Å². The Kier molecular flexibility index (Phi) is 4.18. The molecule has 4 heteroatoms. The zero-order chi connectivity index (χ0) is 17.4. The molecule has 3 nitrogen and oxygen atoms in total. The molecule has 1 heterocycles. The summed E-state index contributed by atoms with van der Waals surface area (Å²) < 4.78 is 19.1. The van der Waals surface area contributed by atoms with Gasteiger partial charge >= 0.3 is 5.97 Å². The maximum absolute atomic E-state index is 13.4. The first kappa shape index (κ1) is 16.7. The number of nitrogens with one attached hydrogen (secondary N) is 1. The van der Waals surface area contributed by atoms with Crippen LogP contribution >= 0.6 is 0 Å². The van der Waals surface area contributed by atoms with Crippen LogP contribution in [-0.2, 0) is 21.5 Å². The molecular weight excluding hydrogens is 305 g/mol. The molecule has 2 aromatic carbocycles. The van der Waals surface area contributed by atoms with Crippen molar-refractivity contribution < 1.29 is 13.9 Å². The van der Waals surface area contributed by atoms with E-state index in [1.807, 2.05) is 45.0 Å². The summed E-state index contributed by atoms with van der Waals surface area (Å²) in [4.78, 5) is 13.2. The van der Waals surface area contributed by atoms with Crippen molar-refractivity contribution >= 4 is 5.97 Å². The number of esters is 1. The van der Waals surface area contributed by atoms with E-state index >= 15 is 0 Å². The summed E-state index contributed by atoms with van der Waals surface area (Å²) in [6, 6.07) is 13.9. The Labute approximate surface area is 141 Å². The van der Waals surface area contributed by atoms with Gasteiger partial charge in [0.05, 0.1) is 0 Å². The Morgan fingerprint density at radius 2 is 1.79 bits per heavy atom. The maximum Gasteiger partial charge on any atom is 0.336 e. The van der Waals surface area contributed by atoms with E-state index in [0.29, 0.717) is 12.1 Å². The number of fused-ring (bicyclic) bond motifs is 1. The highest BCUT2D eigenvalue weighted by molar-refractivity contribution is 5.88. The van der Waals surface area contributed by atoms with Gasteiger partial charge in [0.15, 0.2) is 5.54 Å². The van der Waals surface area contributed by atoms with Crippen LogP contribution in [0.25, 0.3) is 0 Å². The minimum Gasteiger partial charge on any atom is -0.458 e. The quantitative estimate of drug-likeness (QED) is 0.857. The first-order valence-corrected chi connectivity index (χ1v) is 8.16. The summed E-state index contributed by atoms with van der Waals surface area (Å²) in [5.41, 5.74) is 0.933. The number of ether oxygens (including phenoxy) is 1. The van der Waals surface area contributed by atoms with E-state index in [1.165, 1.54) is 12.1 Å². The van der Waals surface area contributed by atoms with Crippen LogP contribution in [0.15, 0.2) is 48.5 Å². The third-order valence-corrected chi connectivity index (χ3v) is 4.19. The highest BCUT2D eigenvalue weighted by Gasteiger charge is 2.47. The lowest BCUT2D eigenvalue weighted by Gasteiger charge is -2.40. The number of rotatable bonds is 2. The Hall–Kier alpha value is -2.20. The first-order chi connectivity index (χ1) is 11.3. The molecule has 0 saturated carbocycles. The predicted octanol–water partition coefficient (Wildman–Crippen LogP) is 3.56. The van der Waals surface area contributed by atoms with Crippen molar-refractivity contribution in [2.24, 2.45) is 0 Å². The zero-order valence-corrected chi connectivity index (χ0v) is 14.2. The molecule has 1 aliphatic rings. The summed E-state index contributed by atoms with van der Waals surface area (Å²) in [5.74, 6) is -0.698. The van der Waals surface area contributed by atoms with E-state index in [2.05, 4.69) is 5.32 Å². The molecule has 0 fully saturated rings. The summed E-state index contributed by atoms with van der Waals surface area (Å²) in [5, 5.41) is 3.35. The number of hydrogen-bond acceptors (Lipinski definition) is 3. The predicted molar refractivity (Wildman–Crippen MR) is 91.2 cm³/mol. The number of halogens is 1. The number of hydrogen-bond donors (Lipinski definition) is 1. The Morgan fingerprint density at radius 1 is 1.12 bits per heavy atom. The van der Waals surface area contributed by atoms with Gasteiger partial charge in [-0.2, -0.15) is 0 Å². The summed E-state index contributed by atoms with van der Waals surface area (Å²) in [6.07, 6.45) is 0.835. The van der Waals surface area contributed by atoms with E-state index in [4.69, 9.17) is 4.74 Å². The molecule has 3 rings (SSSR count). The largest absolute Gasteiger partial charge is 0.458 e. The molecule has 0 aliphatic carbocycles. The van der Waals surface area contributed by atoms with Gasteiger partial charge in [-0.25, -0.2) is 9.18 Å². The van der Waals surface area contributed by atoms with E-state index in [-0.39, 0.29) is 11.8 Å². The molecule has 0 spiro atoms. The monoisotopic (exact) mass is 327 g/mol. The smallest absolute Gasteiger partial charge is 0.336 e. The highest BCUT2D eigenvalue weighted by atomic mass is 19.1. The van der Waals surface area contributed by atoms with Gasteiger partial charge in [-0.05, 0) is 56.0 Å². The fourth-order valence-corrected chi connectivity index (χ4v) is 3.20. The fourth-order valence-electron chi connectivity index (χ4n) is 3.20. The van der Waals surface area contributed by atoms with Gasteiger partial charge in [0.2, 0.25) is 0 Å². The van der Waals surface area contributed by atoms with Crippen molar-refractivity contribution in [2.75, 3.05) is 6.54 Å². The van der Waals surface area contributed by atoms with Crippen molar-refractivity contribution in [1.82, 2.24) is 5.32 Å². The number of carbonyl (C=O) groups excluding carboxylic acids is 1. The zero-order valence-electron chi connectivity index (χ0n) is 14.2. The molecule has 0 saturated heterocycles. The van der Waals surface area contributed by atoms with Crippen LogP contribution in [0.2, 0.25) is 0 Å². The van der Waals surface area contributed by atoms with Crippen molar-refractivity contribution in [2.45, 2.75) is 38.3 Å². The Morgan fingerprint density at radius 3 is 2.46 bits per heavy atom. The van der Waals surface area contributed by atoms with Gasteiger partial charge in [-0.1, -0.05) is 36.4 Å². The third-order valence-electron chi connectivity index (χ3n) is 4.19. The van der Waals surface area contributed by atoms with Gasteiger partial charge in [-0.3, -0.25) is 5.32 Å². The van der Waals surface area contributed by atoms with Crippen molar-refractivity contribution in [3.05, 3.63) is 71.0 Å². The molecule has 0 unspecified atom stereocenters. The topological polar surface area (TPSA) is 38.3 Å². The van der Waals surface area contributed by atoms with Gasteiger partial charge < -0.3 is 4.74 Å².